The Labute approximate surface area is 102 Å². The highest BCUT2D eigenvalue weighted by Crippen LogP contribution is 2.29. The lowest BCUT2D eigenvalue weighted by Gasteiger charge is -2.27. The van der Waals surface area contributed by atoms with Crippen molar-refractivity contribution >= 4 is 11.6 Å². The van der Waals surface area contributed by atoms with E-state index >= 15 is 0 Å². The third-order valence-electron chi connectivity index (χ3n) is 3.44. The largest absolute Gasteiger partial charge is 0.383 e. The first-order valence-corrected chi connectivity index (χ1v) is 6.20. The molecule has 0 bridgehead atoms. The van der Waals surface area contributed by atoms with Crippen LogP contribution in [-0.2, 0) is 0 Å². The summed E-state index contributed by atoms with van der Waals surface area (Å²) in [6.45, 7) is 3.01. The first-order valence-electron chi connectivity index (χ1n) is 6.20. The van der Waals surface area contributed by atoms with Crippen LogP contribution in [0.1, 0.15) is 43.0 Å². The standard InChI is InChI=1S/C13H19N3O/c1-2-6-13(7-4-9-16-13)11(17)10-5-3-8-15-12(10)14/h3,5,8,16H,2,4,6-7,9H2,1H3,(H2,14,15). The maximum atomic E-state index is 12.6. The molecule has 0 aromatic carbocycles. The Morgan fingerprint density at radius 2 is 2.47 bits per heavy atom. The van der Waals surface area contributed by atoms with Crippen LogP contribution in [0.3, 0.4) is 0 Å². The van der Waals surface area contributed by atoms with E-state index in [9.17, 15) is 4.79 Å². The van der Waals surface area contributed by atoms with Crippen molar-refractivity contribution in [1.29, 1.82) is 0 Å². The highest BCUT2D eigenvalue weighted by molar-refractivity contribution is 6.06. The molecule has 0 aliphatic carbocycles. The fourth-order valence-corrected chi connectivity index (χ4v) is 2.62. The van der Waals surface area contributed by atoms with Crippen molar-refractivity contribution in [3.63, 3.8) is 0 Å². The Morgan fingerprint density at radius 3 is 3.06 bits per heavy atom. The number of aromatic nitrogens is 1. The molecule has 1 aliphatic rings. The molecule has 1 aromatic rings. The molecule has 1 atom stereocenters. The second kappa shape index (κ2) is 4.84. The summed E-state index contributed by atoms with van der Waals surface area (Å²) in [7, 11) is 0. The number of nitrogen functional groups attached to an aromatic ring is 1. The zero-order valence-corrected chi connectivity index (χ0v) is 10.2. The normalized spacial score (nSPS) is 23.8. The Hall–Kier alpha value is -1.42. The lowest BCUT2D eigenvalue weighted by Crippen LogP contribution is -2.47. The predicted octanol–water partition coefficient (Wildman–Crippen LogP) is 1.77. The molecule has 2 rings (SSSR count). The molecule has 0 spiro atoms. The molecule has 17 heavy (non-hydrogen) atoms. The molecule has 0 amide bonds. The van der Waals surface area contributed by atoms with E-state index in [0.717, 1.165) is 32.2 Å². The van der Waals surface area contributed by atoms with Crippen LogP contribution in [0.15, 0.2) is 18.3 Å². The number of ketones is 1. The Bertz CT molecular complexity index is 411. The maximum absolute atomic E-state index is 12.6. The summed E-state index contributed by atoms with van der Waals surface area (Å²) >= 11 is 0. The molecule has 4 nitrogen and oxygen atoms in total. The van der Waals surface area contributed by atoms with Gasteiger partial charge in [0.2, 0.25) is 0 Å². The van der Waals surface area contributed by atoms with Gasteiger partial charge >= 0.3 is 0 Å². The number of nitrogens with one attached hydrogen (secondary N) is 1. The number of Topliss-reactive ketones (excluding diaryl/α,β-unsaturated/α-hetero) is 1. The van der Waals surface area contributed by atoms with Gasteiger partial charge in [-0.3, -0.25) is 4.79 Å². The molecule has 1 unspecified atom stereocenters. The van der Waals surface area contributed by atoms with Gasteiger partial charge in [0.15, 0.2) is 5.78 Å². The van der Waals surface area contributed by atoms with Crippen LogP contribution >= 0.6 is 0 Å². The van der Waals surface area contributed by atoms with Gasteiger partial charge in [-0.1, -0.05) is 13.3 Å². The van der Waals surface area contributed by atoms with Gasteiger partial charge in [-0.05, 0) is 37.9 Å². The van der Waals surface area contributed by atoms with Crippen molar-refractivity contribution in [3.8, 4) is 0 Å². The smallest absolute Gasteiger partial charge is 0.186 e. The second-order valence-corrected chi connectivity index (χ2v) is 4.63. The number of pyridine rings is 1. The SMILES string of the molecule is CCCC1(C(=O)c2cccnc2N)CCCN1. The van der Waals surface area contributed by atoms with Crippen molar-refractivity contribution in [2.24, 2.45) is 0 Å². The lowest BCUT2D eigenvalue weighted by atomic mass is 9.84. The maximum Gasteiger partial charge on any atom is 0.186 e. The van der Waals surface area contributed by atoms with Gasteiger partial charge in [0.1, 0.15) is 5.82 Å². The molecule has 1 fully saturated rings. The summed E-state index contributed by atoms with van der Waals surface area (Å²) < 4.78 is 0. The molecule has 3 N–H and O–H groups in total. The number of carbonyl (C=O) groups is 1. The van der Waals surface area contributed by atoms with Crippen LogP contribution in [0.2, 0.25) is 0 Å². The van der Waals surface area contributed by atoms with Gasteiger partial charge in [-0.15, -0.1) is 0 Å². The highest BCUT2D eigenvalue weighted by atomic mass is 16.1. The minimum Gasteiger partial charge on any atom is -0.383 e. The van der Waals surface area contributed by atoms with Crippen LogP contribution < -0.4 is 11.1 Å². The summed E-state index contributed by atoms with van der Waals surface area (Å²) in [4.78, 5) is 16.6. The fraction of sp³-hybridized carbons (Fsp3) is 0.538. The quantitative estimate of drug-likeness (QED) is 0.778. The molecular formula is C13H19N3O. The first kappa shape index (κ1) is 12.0. The molecular weight excluding hydrogens is 214 g/mol. The van der Waals surface area contributed by atoms with E-state index in [0.29, 0.717) is 11.4 Å². The molecule has 0 saturated carbocycles. The lowest BCUT2D eigenvalue weighted by molar-refractivity contribution is 0.0858. The second-order valence-electron chi connectivity index (χ2n) is 4.63. The Morgan fingerprint density at radius 1 is 1.65 bits per heavy atom. The fourth-order valence-electron chi connectivity index (χ4n) is 2.62. The van der Waals surface area contributed by atoms with E-state index in [4.69, 9.17) is 5.73 Å². The van der Waals surface area contributed by atoms with Crippen molar-refractivity contribution in [3.05, 3.63) is 23.9 Å². The molecule has 1 saturated heterocycles. The summed E-state index contributed by atoms with van der Waals surface area (Å²) in [5.74, 6) is 0.434. The number of anilines is 1. The number of hydrogen-bond donors (Lipinski definition) is 2. The number of nitrogens with zero attached hydrogens (tertiary/aromatic N) is 1. The van der Waals surface area contributed by atoms with E-state index in [-0.39, 0.29) is 5.78 Å². The third kappa shape index (κ3) is 2.17. The first-order chi connectivity index (χ1) is 8.19. The van der Waals surface area contributed by atoms with E-state index in [1.54, 1.807) is 18.3 Å². The topological polar surface area (TPSA) is 68.0 Å². The average molecular weight is 233 g/mol. The summed E-state index contributed by atoms with van der Waals surface area (Å²) in [6.07, 6.45) is 5.40. The van der Waals surface area contributed by atoms with Crippen LogP contribution in [0, 0.1) is 0 Å². The van der Waals surface area contributed by atoms with Crippen molar-refractivity contribution < 1.29 is 4.79 Å². The van der Waals surface area contributed by atoms with Gasteiger partial charge in [0.25, 0.3) is 0 Å². The highest BCUT2D eigenvalue weighted by Gasteiger charge is 2.40. The van der Waals surface area contributed by atoms with Gasteiger partial charge in [-0.25, -0.2) is 4.98 Å². The van der Waals surface area contributed by atoms with E-state index < -0.39 is 5.54 Å². The van der Waals surface area contributed by atoms with Crippen molar-refractivity contribution in [2.45, 2.75) is 38.1 Å². The third-order valence-corrected chi connectivity index (χ3v) is 3.44. The number of hydrogen-bond acceptors (Lipinski definition) is 4. The van der Waals surface area contributed by atoms with Crippen molar-refractivity contribution in [2.75, 3.05) is 12.3 Å². The monoisotopic (exact) mass is 233 g/mol. The molecule has 1 aliphatic heterocycles. The average Bonchev–Trinajstić information content (AvgIpc) is 2.79. The van der Waals surface area contributed by atoms with Gasteiger partial charge in [0, 0.05) is 6.20 Å². The summed E-state index contributed by atoms with van der Waals surface area (Å²) in [5, 5.41) is 3.36. The van der Waals surface area contributed by atoms with E-state index in [1.165, 1.54) is 0 Å². The molecule has 0 radical (unpaired) electrons. The van der Waals surface area contributed by atoms with Crippen LogP contribution in [0.4, 0.5) is 5.82 Å². The number of rotatable bonds is 4. The minimum atomic E-state index is -0.411. The zero-order valence-electron chi connectivity index (χ0n) is 10.2. The minimum absolute atomic E-state index is 0.0995. The molecule has 1 aromatic heterocycles. The van der Waals surface area contributed by atoms with Gasteiger partial charge in [0.05, 0.1) is 11.1 Å². The molecule has 4 heteroatoms. The number of nitrogens with two attached hydrogens (primary N) is 1. The summed E-state index contributed by atoms with van der Waals surface area (Å²) in [5.41, 5.74) is 5.92. The van der Waals surface area contributed by atoms with E-state index in [2.05, 4.69) is 17.2 Å². The van der Waals surface area contributed by atoms with Crippen LogP contribution in [-0.4, -0.2) is 22.9 Å². The summed E-state index contributed by atoms with van der Waals surface area (Å²) in [6, 6.07) is 3.53. The number of carbonyl (C=O) groups excluding carboxylic acids is 1. The molecule has 92 valence electrons. The van der Waals surface area contributed by atoms with Crippen molar-refractivity contribution in [1.82, 2.24) is 10.3 Å². The Balaban J connectivity index is 2.32. The molecule has 2 heterocycles. The predicted molar refractivity (Wildman–Crippen MR) is 67.9 cm³/mol. The van der Waals surface area contributed by atoms with Gasteiger partial charge in [-0.2, -0.15) is 0 Å². The van der Waals surface area contributed by atoms with Crippen LogP contribution in [0.25, 0.3) is 0 Å². The van der Waals surface area contributed by atoms with Crippen LogP contribution in [0.5, 0.6) is 0 Å². The van der Waals surface area contributed by atoms with E-state index in [1.807, 2.05) is 0 Å². The Kier molecular flexibility index (Phi) is 3.43. The zero-order chi connectivity index (χ0) is 12.3. The van der Waals surface area contributed by atoms with Gasteiger partial charge < -0.3 is 11.1 Å².